The first kappa shape index (κ1) is 34.7. The average Bonchev–Trinajstić information content (AvgIpc) is 3.00. The van der Waals surface area contributed by atoms with Crippen LogP contribution < -0.4 is 15.5 Å². The summed E-state index contributed by atoms with van der Waals surface area (Å²) in [5.74, 6) is -1.96. The second kappa shape index (κ2) is 18.1. The van der Waals surface area contributed by atoms with Gasteiger partial charge >= 0.3 is 0 Å². The molecule has 3 N–H and O–H groups in total. The molecule has 0 bridgehead atoms. The van der Waals surface area contributed by atoms with E-state index >= 15 is 0 Å². The molecule has 0 saturated carbocycles. The van der Waals surface area contributed by atoms with Crippen LogP contribution in [0.15, 0.2) is 72.8 Å². The Morgan fingerprint density at radius 1 is 0.818 bits per heavy atom. The van der Waals surface area contributed by atoms with Crippen molar-refractivity contribution in [3.8, 4) is 0 Å². The molecule has 2 atom stereocenters. The second-order valence-electron chi connectivity index (χ2n) is 11.1. The minimum absolute atomic E-state index is 0.0120. The summed E-state index contributed by atoms with van der Waals surface area (Å²) in [7, 11) is 0. The number of aliphatic hydroxyl groups is 1. The van der Waals surface area contributed by atoms with Crippen molar-refractivity contribution < 1.29 is 23.5 Å². The van der Waals surface area contributed by atoms with Crippen LogP contribution in [0.4, 0.5) is 14.5 Å². The fourth-order valence-corrected chi connectivity index (χ4v) is 5.20. The topological polar surface area (TPSA) is 84.9 Å². The van der Waals surface area contributed by atoms with Gasteiger partial charge in [-0.25, -0.2) is 8.78 Å². The molecule has 3 rings (SSSR count). The molecular formula is C35H46F2N4O3. The van der Waals surface area contributed by atoms with E-state index in [1.165, 1.54) is 17.7 Å². The monoisotopic (exact) mass is 608 g/mol. The first-order chi connectivity index (χ1) is 21.2. The van der Waals surface area contributed by atoms with Crippen LogP contribution in [0.5, 0.6) is 0 Å². The van der Waals surface area contributed by atoms with Crippen LogP contribution in [0.2, 0.25) is 0 Å². The lowest BCUT2D eigenvalue weighted by atomic mass is 10.0. The van der Waals surface area contributed by atoms with Gasteiger partial charge in [-0.3, -0.25) is 9.59 Å². The van der Waals surface area contributed by atoms with Crippen LogP contribution in [0.3, 0.4) is 0 Å². The first-order valence-corrected chi connectivity index (χ1v) is 15.5. The zero-order valence-electron chi connectivity index (χ0n) is 26.1. The van der Waals surface area contributed by atoms with Crippen LogP contribution in [-0.2, 0) is 29.0 Å². The van der Waals surface area contributed by atoms with Gasteiger partial charge in [0.15, 0.2) is 0 Å². The van der Waals surface area contributed by atoms with Gasteiger partial charge in [0.25, 0.3) is 0 Å². The maximum atomic E-state index is 14.0. The summed E-state index contributed by atoms with van der Waals surface area (Å²) in [5, 5.41) is 17.3. The highest BCUT2D eigenvalue weighted by molar-refractivity contribution is 5.86. The number of benzene rings is 3. The SMILES string of the molecule is CCCN(CCC)C(=O)CN(CC(=O)NC(Cc1cc(F)cc(F)c1)C(O)CNCc1cccc(CC)c1)c1ccccc1. The third-order valence-corrected chi connectivity index (χ3v) is 7.39. The van der Waals surface area contributed by atoms with Gasteiger partial charge in [0, 0.05) is 37.9 Å². The van der Waals surface area contributed by atoms with Crippen molar-refractivity contribution in [1.29, 1.82) is 0 Å². The Labute approximate surface area is 260 Å². The molecule has 2 unspecified atom stereocenters. The van der Waals surface area contributed by atoms with E-state index in [1.807, 2.05) is 56.3 Å². The van der Waals surface area contributed by atoms with Crippen molar-refractivity contribution in [3.05, 3.63) is 101 Å². The maximum absolute atomic E-state index is 14.0. The minimum Gasteiger partial charge on any atom is -0.390 e. The van der Waals surface area contributed by atoms with E-state index in [2.05, 4.69) is 29.7 Å². The number of nitrogens with one attached hydrogen (secondary N) is 2. The summed E-state index contributed by atoms with van der Waals surface area (Å²) in [6, 6.07) is 19.7. The fourth-order valence-electron chi connectivity index (χ4n) is 5.20. The molecule has 238 valence electrons. The lowest BCUT2D eigenvalue weighted by Crippen LogP contribution is -2.52. The Bertz CT molecular complexity index is 1300. The molecule has 0 spiro atoms. The van der Waals surface area contributed by atoms with Crippen molar-refractivity contribution in [3.63, 3.8) is 0 Å². The van der Waals surface area contributed by atoms with Gasteiger partial charge in [-0.05, 0) is 66.6 Å². The summed E-state index contributed by atoms with van der Waals surface area (Å²) >= 11 is 0. The summed E-state index contributed by atoms with van der Waals surface area (Å²) in [6.07, 6.45) is 1.53. The lowest BCUT2D eigenvalue weighted by molar-refractivity contribution is -0.129. The average molecular weight is 609 g/mol. The highest BCUT2D eigenvalue weighted by Gasteiger charge is 2.25. The number of hydrogen-bond donors (Lipinski definition) is 3. The number of carbonyl (C=O) groups excluding carboxylic acids is 2. The zero-order chi connectivity index (χ0) is 31.9. The van der Waals surface area contributed by atoms with Crippen LogP contribution in [0, 0.1) is 11.6 Å². The molecule has 0 aliphatic heterocycles. The molecule has 0 aliphatic carbocycles. The van der Waals surface area contributed by atoms with Crippen molar-refractivity contribution in [1.82, 2.24) is 15.5 Å². The molecule has 0 aliphatic rings. The van der Waals surface area contributed by atoms with E-state index in [-0.39, 0.29) is 32.0 Å². The molecule has 9 heteroatoms. The number of aliphatic hydroxyl groups excluding tert-OH is 1. The lowest BCUT2D eigenvalue weighted by Gasteiger charge is -2.30. The highest BCUT2D eigenvalue weighted by Crippen LogP contribution is 2.15. The van der Waals surface area contributed by atoms with E-state index in [0.717, 1.165) is 30.9 Å². The van der Waals surface area contributed by atoms with Gasteiger partial charge in [-0.1, -0.05) is 63.2 Å². The summed E-state index contributed by atoms with van der Waals surface area (Å²) in [6.45, 7) is 7.92. The number of aryl methyl sites for hydroxylation is 1. The number of para-hydroxylation sites is 1. The zero-order valence-corrected chi connectivity index (χ0v) is 26.1. The molecule has 0 fully saturated rings. The van der Waals surface area contributed by atoms with Gasteiger partial charge in [0.05, 0.1) is 25.2 Å². The van der Waals surface area contributed by atoms with Crippen LogP contribution in [0.1, 0.15) is 50.3 Å². The normalized spacial score (nSPS) is 12.4. The predicted octanol–water partition coefficient (Wildman–Crippen LogP) is 4.86. The van der Waals surface area contributed by atoms with Crippen LogP contribution in [0.25, 0.3) is 0 Å². The van der Waals surface area contributed by atoms with E-state index in [4.69, 9.17) is 0 Å². The van der Waals surface area contributed by atoms with Crippen molar-refractivity contribution in [2.24, 2.45) is 0 Å². The molecule has 3 aromatic carbocycles. The van der Waals surface area contributed by atoms with E-state index in [9.17, 15) is 23.5 Å². The van der Waals surface area contributed by atoms with E-state index < -0.39 is 29.7 Å². The summed E-state index contributed by atoms with van der Waals surface area (Å²) in [5.41, 5.74) is 3.29. The third kappa shape index (κ3) is 11.4. The molecule has 44 heavy (non-hydrogen) atoms. The molecule has 3 aromatic rings. The number of nitrogens with zero attached hydrogens (tertiary/aromatic N) is 2. The molecule has 0 aromatic heterocycles. The standard InChI is InChI=1S/C35H46F2N4O3/c1-4-15-40(16-5-2)35(44)25-41(31-13-8-7-9-14-31)24-34(43)39-32(20-28-18-29(36)21-30(37)19-28)33(42)23-38-22-27-12-10-11-26(6-3)17-27/h7-14,17-19,21,32-33,38,42H,4-6,15-16,20,22-25H2,1-3H3,(H,39,43). The number of anilines is 1. The minimum atomic E-state index is -1.06. The Kier molecular flexibility index (Phi) is 14.3. The maximum Gasteiger partial charge on any atom is 0.242 e. The molecule has 0 heterocycles. The molecule has 0 saturated heterocycles. The largest absolute Gasteiger partial charge is 0.390 e. The van der Waals surface area contributed by atoms with Gasteiger partial charge < -0.3 is 25.5 Å². The van der Waals surface area contributed by atoms with E-state index in [0.29, 0.717) is 30.9 Å². The first-order valence-electron chi connectivity index (χ1n) is 15.5. The smallest absolute Gasteiger partial charge is 0.242 e. The van der Waals surface area contributed by atoms with Gasteiger partial charge in [0.1, 0.15) is 11.6 Å². The van der Waals surface area contributed by atoms with Crippen molar-refractivity contribution in [2.75, 3.05) is 37.6 Å². The number of amides is 2. The number of carbonyl (C=O) groups is 2. The number of hydrogen-bond acceptors (Lipinski definition) is 5. The number of halogens is 2. The second-order valence-corrected chi connectivity index (χ2v) is 11.1. The molecule has 7 nitrogen and oxygen atoms in total. The highest BCUT2D eigenvalue weighted by atomic mass is 19.1. The Balaban J connectivity index is 1.75. The Hall–Kier alpha value is -3.82. The van der Waals surface area contributed by atoms with Gasteiger partial charge in [-0.2, -0.15) is 0 Å². The molecule has 0 radical (unpaired) electrons. The Morgan fingerprint density at radius 3 is 2.11 bits per heavy atom. The van der Waals surface area contributed by atoms with Crippen LogP contribution >= 0.6 is 0 Å². The van der Waals surface area contributed by atoms with Crippen molar-refractivity contribution in [2.45, 2.75) is 65.1 Å². The quantitative estimate of drug-likeness (QED) is 0.192. The Morgan fingerprint density at radius 2 is 1.48 bits per heavy atom. The predicted molar refractivity (Wildman–Crippen MR) is 171 cm³/mol. The molecule has 2 amide bonds. The van der Waals surface area contributed by atoms with Gasteiger partial charge in [-0.15, -0.1) is 0 Å². The van der Waals surface area contributed by atoms with E-state index in [1.54, 1.807) is 9.80 Å². The fraction of sp³-hybridized carbons (Fsp3) is 0.429. The molecular weight excluding hydrogens is 562 g/mol. The third-order valence-electron chi connectivity index (χ3n) is 7.39. The summed E-state index contributed by atoms with van der Waals surface area (Å²) < 4.78 is 28.0. The van der Waals surface area contributed by atoms with Crippen molar-refractivity contribution >= 4 is 17.5 Å². The number of rotatable bonds is 18. The van der Waals surface area contributed by atoms with Crippen LogP contribution in [-0.4, -0.2) is 66.7 Å². The summed E-state index contributed by atoms with van der Waals surface area (Å²) in [4.78, 5) is 30.2. The van der Waals surface area contributed by atoms with Gasteiger partial charge in [0.2, 0.25) is 11.8 Å².